The van der Waals surface area contributed by atoms with E-state index in [9.17, 15) is 13.5 Å². The Morgan fingerprint density at radius 1 is 1.17 bits per heavy atom. The van der Waals surface area contributed by atoms with Gasteiger partial charge in [0.2, 0.25) is 0 Å². The van der Waals surface area contributed by atoms with E-state index in [0.29, 0.717) is 25.4 Å². The normalized spacial score (nSPS) is 16.9. The summed E-state index contributed by atoms with van der Waals surface area (Å²) in [4.78, 5) is 0. The van der Waals surface area contributed by atoms with E-state index in [4.69, 9.17) is 0 Å². The summed E-state index contributed by atoms with van der Waals surface area (Å²) < 4.78 is 23.0. The molecule has 0 spiro atoms. The molecule has 0 saturated heterocycles. The third-order valence-electron chi connectivity index (χ3n) is 2.83. The number of nitrogens with one attached hydrogen (secondary N) is 1. The Balaban J connectivity index is 4.09. The lowest BCUT2D eigenvalue weighted by molar-refractivity contribution is 0.0392. The Morgan fingerprint density at radius 3 is 2.06 bits per heavy atom. The molecular formula is C13H29NO3S. The minimum absolute atomic E-state index is 0.105. The highest BCUT2D eigenvalue weighted by atomic mass is 32.2. The van der Waals surface area contributed by atoms with Crippen LogP contribution < -0.4 is 5.32 Å². The first-order chi connectivity index (χ1) is 7.87. The third-order valence-corrected chi connectivity index (χ3v) is 5.44. The van der Waals surface area contributed by atoms with Gasteiger partial charge in [0.1, 0.15) is 0 Å². The lowest BCUT2D eigenvalue weighted by Gasteiger charge is -2.26. The van der Waals surface area contributed by atoms with Gasteiger partial charge in [-0.05, 0) is 40.0 Å². The first kappa shape index (κ1) is 17.9. The highest BCUT2D eigenvalue weighted by molar-refractivity contribution is 7.92. The second kappa shape index (κ2) is 6.35. The fourth-order valence-electron chi connectivity index (χ4n) is 1.82. The minimum atomic E-state index is -3.08. The SMILES string of the molecule is CC(C)CC(C)(O)CNCCS(=O)(=O)C(C)(C)C. The van der Waals surface area contributed by atoms with Crippen LogP contribution in [0.4, 0.5) is 0 Å². The molecule has 2 N–H and O–H groups in total. The number of rotatable bonds is 7. The van der Waals surface area contributed by atoms with Crippen molar-refractivity contribution in [3.8, 4) is 0 Å². The van der Waals surface area contributed by atoms with E-state index in [1.54, 1.807) is 27.7 Å². The van der Waals surface area contributed by atoms with Gasteiger partial charge in [0, 0.05) is 13.1 Å². The largest absolute Gasteiger partial charge is 0.389 e. The third kappa shape index (κ3) is 6.71. The lowest BCUT2D eigenvalue weighted by Crippen LogP contribution is -2.42. The van der Waals surface area contributed by atoms with Crippen molar-refractivity contribution in [1.82, 2.24) is 5.32 Å². The molecule has 1 atom stereocenters. The molecule has 0 aliphatic carbocycles. The van der Waals surface area contributed by atoms with Crippen LogP contribution in [0.2, 0.25) is 0 Å². The van der Waals surface area contributed by atoms with E-state index in [1.807, 2.05) is 0 Å². The molecule has 0 heterocycles. The average molecular weight is 279 g/mol. The van der Waals surface area contributed by atoms with Gasteiger partial charge in [0.25, 0.3) is 0 Å². The number of sulfone groups is 1. The topological polar surface area (TPSA) is 66.4 Å². The van der Waals surface area contributed by atoms with E-state index < -0.39 is 20.2 Å². The van der Waals surface area contributed by atoms with Crippen LogP contribution in [0.3, 0.4) is 0 Å². The van der Waals surface area contributed by atoms with Crippen molar-refractivity contribution in [2.45, 2.75) is 58.3 Å². The summed E-state index contributed by atoms with van der Waals surface area (Å²) in [5.41, 5.74) is -0.778. The van der Waals surface area contributed by atoms with Crippen LogP contribution in [0, 0.1) is 5.92 Å². The number of aliphatic hydroxyl groups is 1. The van der Waals surface area contributed by atoms with Crippen molar-refractivity contribution in [2.75, 3.05) is 18.8 Å². The highest BCUT2D eigenvalue weighted by Gasteiger charge is 2.28. The monoisotopic (exact) mass is 279 g/mol. The van der Waals surface area contributed by atoms with Crippen LogP contribution in [0.1, 0.15) is 48.0 Å². The van der Waals surface area contributed by atoms with Crippen LogP contribution in [-0.4, -0.2) is 42.7 Å². The molecule has 0 radical (unpaired) electrons. The molecule has 1 unspecified atom stereocenters. The number of hydrogen-bond acceptors (Lipinski definition) is 4. The fourth-order valence-corrected chi connectivity index (χ4v) is 2.85. The van der Waals surface area contributed by atoms with Crippen LogP contribution in [0.5, 0.6) is 0 Å². The maximum absolute atomic E-state index is 11.9. The molecule has 0 aliphatic rings. The van der Waals surface area contributed by atoms with Crippen molar-refractivity contribution in [3.05, 3.63) is 0 Å². The van der Waals surface area contributed by atoms with Gasteiger partial charge in [-0.3, -0.25) is 0 Å². The lowest BCUT2D eigenvalue weighted by atomic mass is 9.94. The minimum Gasteiger partial charge on any atom is -0.389 e. The van der Waals surface area contributed by atoms with Crippen molar-refractivity contribution in [3.63, 3.8) is 0 Å². The Hall–Kier alpha value is -0.130. The zero-order valence-corrected chi connectivity index (χ0v) is 13.4. The van der Waals surface area contributed by atoms with Gasteiger partial charge in [0.15, 0.2) is 9.84 Å². The molecule has 0 aromatic rings. The number of hydrogen-bond donors (Lipinski definition) is 2. The molecule has 18 heavy (non-hydrogen) atoms. The van der Waals surface area contributed by atoms with Gasteiger partial charge in [0.05, 0.1) is 16.1 Å². The van der Waals surface area contributed by atoms with Crippen LogP contribution in [0.25, 0.3) is 0 Å². The molecule has 0 bridgehead atoms. The van der Waals surface area contributed by atoms with Gasteiger partial charge in [-0.15, -0.1) is 0 Å². The molecule has 0 aromatic carbocycles. The second-order valence-corrected chi connectivity index (χ2v) is 9.57. The zero-order valence-electron chi connectivity index (χ0n) is 12.6. The highest BCUT2D eigenvalue weighted by Crippen LogP contribution is 2.16. The van der Waals surface area contributed by atoms with Crippen LogP contribution in [-0.2, 0) is 9.84 Å². The Morgan fingerprint density at radius 2 is 1.67 bits per heavy atom. The van der Waals surface area contributed by atoms with Gasteiger partial charge in [-0.25, -0.2) is 8.42 Å². The zero-order chi connectivity index (χ0) is 14.6. The summed E-state index contributed by atoms with van der Waals surface area (Å²) in [6, 6.07) is 0. The molecule has 0 amide bonds. The van der Waals surface area contributed by atoms with Crippen molar-refractivity contribution in [1.29, 1.82) is 0 Å². The van der Waals surface area contributed by atoms with Gasteiger partial charge in [-0.1, -0.05) is 13.8 Å². The standard InChI is InChI=1S/C13H29NO3S/c1-11(2)9-13(6,15)10-14-7-8-18(16,17)12(3,4)5/h11,14-15H,7-10H2,1-6H3. The average Bonchev–Trinajstić information content (AvgIpc) is 2.08. The van der Waals surface area contributed by atoms with E-state index in [2.05, 4.69) is 19.2 Å². The summed E-state index contributed by atoms with van der Waals surface area (Å²) in [6.07, 6.45) is 0.700. The molecule has 0 fully saturated rings. The maximum Gasteiger partial charge on any atom is 0.156 e. The van der Waals surface area contributed by atoms with Crippen LogP contribution >= 0.6 is 0 Å². The van der Waals surface area contributed by atoms with Crippen molar-refractivity contribution < 1.29 is 13.5 Å². The van der Waals surface area contributed by atoms with E-state index in [1.165, 1.54) is 0 Å². The molecule has 4 nitrogen and oxygen atoms in total. The molecule has 0 saturated carbocycles. The van der Waals surface area contributed by atoms with Crippen LogP contribution in [0.15, 0.2) is 0 Å². The molecular weight excluding hydrogens is 250 g/mol. The quantitative estimate of drug-likeness (QED) is 0.695. The first-order valence-electron chi connectivity index (χ1n) is 6.53. The predicted molar refractivity (Wildman–Crippen MR) is 76.5 cm³/mol. The Labute approximate surface area is 112 Å². The van der Waals surface area contributed by atoms with E-state index in [0.717, 1.165) is 0 Å². The van der Waals surface area contributed by atoms with Gasteiger partial charge < -0.3 is 10.4 Å². The molecule has 0 aromatic heterocycles. The predicted octanol–water partition coefficient (Wildman–Crippen LogP) is 1.59. The van der Waals surface area contributed by atoms with E-state index in [-0.39, 0.29) is 5.75 Å². The second-order valence-electron chi connectivity index (χ2n) is 6.70. The smallest absolute Gasteiger partial charge is 0.156 e. The summed E-state index contributed by atoms with van der Waals surface area (Å²) in [5, 5.41) is 13.1. The van der Waals surface area contributed by atoms with E-state index >= 15 is 0 Å². The first-order valence-corrected chi connectivity index (χ1v) is 8.18. The van der Waals surface area contributed by atoms with Gasteiger partial charge >= 0.3 is 0 Å². The molecule has 110 valence electrons. The summed E-state index contributed by atoms with van der Waals surface area (Å²) in [5.74, 6) is 0.522. The fraction of sp³-hybridized carbons (Fsp3) is 1.00. The summed E-state index contributed by atoms with van der Waals surface area (Å²) in [6.45, 7) is 11.8. The Kier molecular flexibility index (Phi) is 6.30. The van der Waals surface area contributed by atoms with Crippen molar-refractivity contribution >= 4 is 9.84 Å². The van der Waals surface area contributed by atoms with Crippen molar-refractivity contribution in [2.24, 2.45) is 5.92 Å². The Bertz CT molecular complexity index is 340. The molecule has 5 heteroatoms. The summed E-state index contributed by atoms with van der Waals surface area (Å²) in [7, 11) is -3.08. The molecule has 0 rings (SSSR count). The summed E-state index contributed by atoms with van der Waals surface area (Å²) >= 11 is 0. The van der Waals surface area contributed by atoms with Gasteiger partial charge in [-0.2, -0.15) is 0 Å². The molecule has 0 aliphatic heterocycles. The maximum atomic E-state index is 11.9.